The largest absolute Gasteiger partial charge is 0.379 e. The Morgan fingerprint density at radius 3 is 2.51 bits per heavy atom. The van der Waals surface area contributed by atoms with E-state index in [2.05, 4.69) is 49.3 Å². The highest BCUT2D eigenvalue weighted by Gasteiger charge is 2.42. The van der Waals surface area contributed by atoms with Gasteiger partial charge in [0.15, 0.2) is 5.11 Å². The van der Waals surface area contributed by atoms with Crippen molar-refractivity contribution < 1.29 is 13.2 Å². The van der Waals surface area contributed by atoms with Crippen LogP contribution in [0.4, 0.5) is 11.4 Å². The van der Waals surface area contributed by atoms with Crippen molar-refractivity contribution in [2.45, 2.75) is 38.9 Å². The summed E-state index contributed by atoms with van der Waals surface area (Å²) in [6.07, 6.45) is 4.02. The van der Waals surface area contributed by atoms with Crippen LogP contribution in [0.25, 0.3) is 0 Å². The van der Waals surface area contributed by atoms with Crippen LogP contribution in [-0.2, 0) is 21.3 Å². The number of rotatable bonds is 9. The summed E-state index contributed by atoms with van der Waals surface area (Å²) in [5, 5.41) is 4.13. The van der Waals surface area contributed by atoms with Gasteiger partial charge in [-0.1, -0.05) is 6.07 Å². The lowest BCUT2D eigenvalue weighted by Crippen LogP contribution is -2.37. The number of nitrogens with one attached hydrogen (secondary N) is 2. The van der Waals surface area contributed by atoms with Gasteiger partial charge in [-0.15, -0.1) is 0 Å². The second-order valence-corrected chi connectivity index (χ2v) is 12.3. The van der Waals surface area contributed by atoms with Gasteiger partial charge in [0, 0.05) is 55.1 Å². The first kappa shape index (κ1) is 27.6. The molecule has 2 aliphatic rings. The molecule has 1 aromatic carbocycles. The number of nitrogens with zero attached hydrogens (tertiary/aromatic N) is 4. The average molecular weight is 569 g/mol. The van der Waals surface area contributed by atoms with Crippen LogP contribution in [0.15, 0.2) is 54.7 Å². The molecule has 0 bridgehead atoms. The fourth-order valence-corrected chi connectivity index (χ4v) is 6.51. The molecule has 2 atom stereocenters. The van der Waals surface area contributed by atoms with Crippen LogP contribution < -0.4 is 14.9 Å². The number of hydrogen-bond acceptors (Lipinski definition) is 6. The summed E-state index contributed by atoms with van der Waals surface area (Å²) in [4.78, 5) is 9.26. The molecule has 39 heavy (non-hydrogen) atoms. The van der Waals surface area contributed by atoms with Gasteiger partial charge in [0.1, 0.15) is 0 Å². The molecule has 0 aliphatic carbocycles. The molecule has 0 saturated carbocycles. The van der Waals surface area contributed by atoms with E-state index in [1.807, 2.05) is 30.3 Å². The molecular formula is C28H36N6O3S2. The van der Waals surface area contributed by atoms with E-state index in [0.717, 1.165) is 63.5 Å². The fourth-order valence-electron chi connectivity index (χ4n) is 5.60. The van der Waals surface area contributed by atoms with Crippen molar-refractivity contribution in [2.75, 3.05) is 48.7 Å². The zero-order valence-corrected chi connectivity index (χ0v) is 24.3. The van der Waals surface area contributed by atoms with E-state index in [1.54, 1.807) is 18.3 Å². The highest BCUT2D eigenvalue weighted by molar-refractivity contribution is 7.92. The average Bonchev–Trinajstić information content (AvgIpc) is 3.40. The first-order valence-electron chi connectivity index (χ1n) is 13.3. The third-order valence-electron chi connectivity index (χ3n) is 7.44. The normalized spacial score (nSPS) is 20.3. The lowest BCUT2D eigenvalue weighted by Gasteiger charge is -2.28. The minimum absolute atomic E-state index is 0.125. The molecule has 2 fully saturated rings. The molecule has 4 heterocycles. The number of aromatic nitrogens is 2. The van der Waals surface area contributed by atoms with Gasteiger partial charge in [-0.2, -0.15) is 0 Å². The van der Waals surface area contributed by atoms with Crippen molar-refractivity contribution in [1.29, 1.82) is 0 Å². The standard InChI is InChI=1S/C28H36N6O3S2/c1-20-19-24(21(2)33(20)14-6-13-32-15-17-37-18-16-32)27-26(25-7-4-5-12-29-25)30-28(38)34(27)23-10-8-22(9-11-23)31-39(3,35)36/h4-5,7-12,19,26-27,31H,6,13-18H2,1-3H3,(H,30,38)/t26-,27+/m0/s1. The third kappa shape index (κ3) is 6.27. The van der Waals surface area contributed by atoms with Crippen molar-refractivity contribution in [2.24, 2.45) is 0 Å². The predicted molar refractivity (Wildman–Crippen MR) is 159 cm³/mol. The molecule has 2 saturated heterocycles. The molecule has 0 unspecified atom stereocenters. The zero-order chi connectivity index (χ0) is 27.6. The predicted octanol–water partition coefficient (Wildman–Crippen LogP) is 3.77. The van der Waals surface area contributed by atoms with E-state index >= 15 is 0 Å². The highest BCUT2D eigenvalue weighted by atomic mass is 32.2. The maximum Gasteiger partial charge on any atom is 0.229 e. The second kappa shape index (κ2) is 11.6. The molecule has 2 aliphatic heterocycles. The summed E-state index contributed by atoms with van der Waals surface area (Å²) in [6.45, 7) is 9.98. The number of sulfonamides is 1. The molecular weight excluding hydrogens is 532 g/mol. The van der Waals surface area contributed by atoms with Crippen molar-refractivity contribution in [3.63, 3.8) is 0 Å². The molecule has 208 valence electrons. The summed E-state index contributed by atoms with van der Waals surface area (Å²) in [5.41, 5.74) is 5.93. The molecule has 11 heteroatoms. The third-order valence-corrected chi connectivity index (χ3v) is 8.36. The van der Waals surface area contributed by atoms with Crippen molar-refractivity contribution in [3.8, 4) is 0 Å². The van der Waals surface area contributed by atoms with Gasteiger partial charge in [-0.05, 0) is 80.5 Å². The topological polar surface area (TPSA) is 91.7 Å². The maximum absolute atomic E-state index is 11.7. The number of benzene rings is 1. The Kier molecular flexibility index (Phi) is 8.22. The van der Waals surface area contributed by atoms with Gasteiger partial charge in [0.2, 0.25) is 10.0 Å². The van der Waals surface area contributed by atoms with Crippen molar-refractivity contribution in [3.05, 3.63) is 77.4 Å². The minimum atomic E-state index is -3.36. The van der Waals surface area contributed by atoms with E-state index < -0.39 is 10.0 Å². The Bertz CT molecular complexity index is 1400. The highest BCUT2D eigenvalue weighted by Crippen LogP contribution is 2.43. The Morgan fingerprint density at radius 2 is 1.85 bits per heavy atom. The minimum Gasteiger partial charge on any atom is -0.379 e. The monoisotopic (exact) mass is 568 g/mol. The fraction of sp³-hybridized carbons (Fsp3) is 0.429. The Morgan fingerprint density at radius 1 is 1.10 bits per heavy atom. The molecule has 9 nitrogen and oxygen atoms in total. The van der Waals surface area contributed by atoms with Crippen molar-refractivity contribution in [1.82, 2.24) is 19.8 Å². The summed E-state index contributed by atoms with van der Waals surface area (Å²) >= 11 is 5.88. The Labute approximate surface area is 236 Å². The van der Waals surface area contributed by atoms with Crippen LogP contribution in [0.1, 0.15) is 41.1 Å². The van der Waals surface area contributed by atoms with Crippen LogP contribution in [0, 0.1) is 13.8 Å². The van der Waals surface area contributed by atoms with Crippen LogP contribution in [0.3, 0.4) is 0 Å². The number of aryl methyl sites for hydroxylation is 1. The van der Waals surface area contributed by atoms with Gasteiger partial charge in [-0.25, -0.2) is 8.42 Å². The first-order valence-corrected chi connectivity index (χ1v) is 15.6. The molecule has 3 aromatic rings. The number of thiocarbonyl (C=S) groups is 1. The molecule has 0 radical (unpaired) electrons. The quantitative estimate of drug-likeness (QED) is 0.377. The molecule has 0 amide bonds. The summed E-state index contributed by atoms with van der Waals surface area (Å²) < 4.78 is 33.8. The SMILES string of the molecule is Cc1cc([C@@H]2[C@H](c3ccccn3)NC(=S)N2c2ccc(NS(C)(=O)=O)cc2)c(C)n1CCCN1CCOCC1. The van der Waals surface area contributed by atoms with Gasteiger partial charge in [-0.3, -0.25) is 14.6 Å². The number of pyridine rings is 1. The van der Waals surface area contributed by atoms with E-state index in [4.69, 9.17) is 17.0 Å². The van der Waals surface area contributed by atoms with Gasteiger partial charge in [0.25, 0.3) is 0 Å². The van der Waals surface area contributed by atoms with Gasteiger partial charge < -0.3 is 19.5 Å². The molecule has 0 spiro atoms. The van der Waals surface area contributed by atoms with Crippen molar-refractivity contribution >= 4 is 38.7 Å². The van der Waals surface area contributed by atoms with Crippen LogP contribution in [0.2, 0.25) is 0 Å². The van der Waals surface area contributed by atoms with E-state index in [9.17, 15) is 8.42 Å². The van der Waals surface area contributed by atoms with E-state index in [0.29, 0.717) is 10.8 Å². The number of hydrogen-bond donors (Lipinski definition) is 2. The number of anilines is 2. The second-order valence-electron chi connectivity index (χ2n) is 10.2. The van der Waals surface area contributed by atoms with Crippen LogP contribution >= 0.6 is 12.2 Å². The van der Waals surface area contributed by atoms with Gasteiger partial charge in [0.05, 0.1) is 37.2 Å². The molecule has 2 N–H and O–H groups in total. The maximum atomic E-state index is 11.7. The van der Waals surface area contributed by atoms with Crippen LogP contribution in [-0.4, -0.2) is 67.1 Å². The summed E-state index contributed by atoms with van der Waals surface area (Å²) in [5.74, 6) is 0. The zero-order valence-electron chi connectivity index (χ0n) is 22.6. The first-order chi connectivity index (χ1) is 18.7. The van der Waals surface area contributed by atoms with E-state index in [-0.39, 0.29) is 12.1 Å². The number of ether oxygens (including phenoxy) is 1. The van der Waals surface area contributed by atoms with Gasteiger partial charge >= 0.3 is 0 Å². The molecule has 5 rings (SSSR count). The summed E-state index contributed by atoms with van der Waals surface area (Å²) in [7, 11) is -3.36. The lowest BCUT2D eigenvalue weighted by atomic mass is 9.96. The number of morpholine rings is 1. The molecule has 2 aromatic heterocycles. The lowest BCUT2D eigenvalue weighted by molar-refractivity contribution is 0.0369. The van der Waals surface area contributed by atoms with E-state index in [1.165, 1.54) is 17.0 Å². The Hall–Kier alpha value is -2.99. The Balaban J connectivity index is 1.46. The van der Waals surface area contributed by atoms with Crippen LogP contribution in [0.5, 0.6) is 0 Å². The summed E-state index contributed by atoms with van der Waals surface area (Å²) in [6, 6.07) is 15.3. The smallest absolute Gasteiger partial charge is 0.229 e.